The van der Waals surface area contributed by atoms with Crippen molar-refractivity contribution in [1.82, 2.24) is 15.4 Å². The van der Waals surface area contributed by atoms with Gasteiger partial charge in [-0.15, -0.1) is 0 Å². The molecular formula is C15H25N3O2S. The van der Waals surface area contributed by atoms with Gasteiger partial charge in [-0.2, -0.15) is 0 Å². The fourth-order valence-corrected chi connectivity index (χ4v) is 3.99. The van der Waals surface area contributed by atoms with E-state index in [-0.39, 0.29) is 17.7 Å². The Labute approximate surface area is 127 Å². The number of benzene rings is 1. The van der Waals surface area contributed by atoms with E-state index in [0.29, 0.717) is 12.6 Å². The van der Waals surface area contributed by atoms with Gasteiger partial charge in [0, 0.05) is 37.6 Å². The zero-order chi connectivity index (χ0) is 15.3. The normalized spacial score (nSPS) is 22.8. The predicted octanol–water partition coefficient (Wildman–Crippen LogP) is 0.692. The Morgan fingerprint density at radius 2 is 1.95 bits per heavy atom. The van der Waals surface area contributed by atoms with Crippen LogP contribution in [0.1, 0.15) is 19.4 Å². The molecule has 0 amide bonds. The maximum atomic E-state index is 12.3. The Hall–Kier alpha value is -0.950. The van der Waals surface area contributed by atoms with Crippen LogP contribution in [0.3, 0.4) is 0 Å². The third-order valence-corrected chi connectivity index (χ3v) is 5.03. The Morgan fingerprint density at radius 1 is 1.24 bits per heavy atom. The zero-order valence-corrected chi connectivity index (χ0v) is 13.5. The molecule has 6 heteroatoms. The highest BCUT2D eigenvalue weighted by Crippen LogP contribution is 2.12. The molecule has 118 valence electrons. The average Bonchev–Trinajstić information content (AvgIpc) is 2.83. The molecule has 1 aromatic rings. The van der Waals surface area contributed by atoms with Gasteiger partial charge in [0.25, 0.3) is 0 Å². The number of nitrogens with one attached hydrogen (secondary N) is 3. The fraction of sp³-hybridized carbons (Fsp3) is 0.600. The summed E-state index contributed by atoms with van der Waals surface area (Å²) in [6.07, 6.45) is 0. The second-order valence-corrected chi connectivity index (χ2v) is 7.70. The first-order valence-corrected chi connectivity index (χ1v) is 9.09. The van der Waals surface area contributed by atoms with Gasteiger partial charge in [-0.05, 0) is 5.56 Å². The molecule has 0 aliphatic carbocycles. The lowest BCUT2D eigenvalue weighted by molar-refractivity contribution is 0.422. The lowest BCUT2D eigenvalue weighted by Crippen LogP contribution is -2.44. The highest BCUT2D eigenvalue weighted by Gasteiger charge is 2.30. The molecule has 2 rings (SSSR count). The molecule has 0 spiro atoms. The molecule has 5 nitrogen and oxygen atoms in total. The van der Waals surface area contributed by atoms with Gasteiger partial charge < -0.3 is 10.6 Å². The monoisotopic (exact) mass is 311 g/mol. The van der Waals surface area contributed by atoms with Crippen molar-refractivity contribution in [2.24, 2.45) is 5.92 Å². The summed E-state index contributed by atoms with van der Waals surface area (Å²) in [5, 5.41) is 6.64. The van der Waals surface area contributed by atoms with Crippen LogP contribution < -0.4 is 15.4 Å². The van der Waals surface area contributed by atoms with Gasteiger partial charge in [0.2, 0.25) is 10.0 Å². The van der Waals surface area contributed by atoms with Crippen LogP contribution in [-0.2, 0) is 15.8 Å². The third kappa shape index (κ3) is 5.39. The number of sulfonamides is 1. The summed E-state index contributed by atoms with van der Waals surface area (Å²) in [6.45, 7) is 6.55. The highest BCUT2D eigenvalue weighted by molar-refractivity contribution is 7.88. The molecule has 0 unspecified atom stereocenters. The molecule has 3 N–H and O–H groups in total. The fourth-order valence-electron chi connectivity index (χ4n) is 2.54. The van der Waals surface area contributed by atoms with Crippen LogP contribution in [0.4, 0.5) is 0 Å². The molecule has 0 radical (unpaired) electrons. The minimum absolute atomic E-state index is 0.0364. The molecule has 1 saturated heterocycles. The van der Waals surface area contributed by atoms with Crippen molar-refractivity contribution in [2.45, 2.75) is 31.7 Å². The van der Waals surface area contributed by atoms with E-state index in [0.717, 1.165) is 18.7 Å². The first-order valence-electron chi connectivity index (χ1n) is 7.44. The summed E-state index contributed by atoms with van der Waals surface area (Å²) in [5.74, 6) is 0.326. The molecule has 1 heterocycles. The summed E-state index contributed by atoms with van der Waals surface area (Å²) in [4.78, 5) is 0. The largest absolute Gasteiger partial charge is 0.315 e. The average molecular weight is 311 g/mol. The van der Waals surface area contributed by atoms with Crippen LogP contribution in [0.25, 0.3) is 0 Å². The lowest BCUT2D eigenvalue weighted by Gasteiger charge is -2.21. The standard InChI is InChI=1S/C15H25N3O2S/c1-12(2)17-9-14-8-16-10-15(14)18-21(19,20)11-13-6-4-3-5-7-13/h3-7,12,14-18H,8-11H2,1-2H3/t14-,15-/m1/s1. The summed E-state index contributed by atoms with van der Waals surface area (Å²) >= 11 is 0. The van der Waals surface area contributed by atoms with Crippen molar-refractivity contribution in [3.8, 4) is 0 Å². The molecule has 21 heavy (non-hydrogen) atoms. The van der Waals surface area contributed by atoms with Crippen molar-refractivity contribution in [3.63, 3.8) is 0 Å². The Kier molecular flexibility index (Phi) is 5.75. The van der Waals surface area contributed by atoms with Crippen LogP contribution in [0.2, 0.25) is 0 Å². The summed E-state index contributed by atoms with van der Waals surface area (Å²) in [5.41, 5.74) is 0.813. The van der Waals surface area contributed by atoms with E-state index in [1.165, 1.54) is 0 Å². The first kappa shape index (κ1) is 16.4. The van der Waals surface area contributed by atoms with Crippen LogP contribution >= 0.6 is 0 Å². The topological polar surface area (TPSA) is 70.2 Å². The highest BCUT2D eigenvalue weighted by atomic mass is 32.2. The number of hydrogen-bond acceptors (Lipinski definition) is 4. The molecule has 1 aliphatic heterocycles. The van der Waals surface area contributed by atoms with Gasteiger partial charge >= 0.3 is 0 Å². The molecule has 0 saturated carbocycles. The molecule has 1 aliphatic rings. The van der Waals surface area contributed by atoms with Gasteiger partial charge in [0.15, 0.2) is 0 Å². The van der Waals surface area contributed by atoms with E-state index in [1.54, 1.807) is 0 Å². The van der Waals surface area contributed by atoms with E-state index >= 15 is 0 Å². The summed E-state index contributed by atoms with van der Waals surface area (Å²) in [6, 6.07) is 9.65. The van der Waals surface area contributed by atoms with E-state index in [2.05, 4.69) is 29.2 Å². The van der Waals surface area contributed by atoms with Crippen LogP contribution in [0.15, 0.2) is 30.3 Å². The Balaban J connectivity index is 1.92. The van der Waals surface area contributed by atoms with Crippen LogP contribution in [0.5, 0.6) is 0 Å². The van der Waals surface area contributed by atoms with E-state index in [4.69, 9.17) is 0 Å². The SMILES string of the molecule is CC(C)NC[C@H]1CNC[C@H]1NS(=O)(=O)Cc1ccccc1. The van der Waals surface area contributed by atoms with Crippen LogP contribution in [0, 0.1) is 5.92 Å². The van der Waals surface area contributed by atoms with Gasteiger partial charge in [0.05, 0.1) is 5.75 Å². The van der Waals surface area contributed by atoms with E-state index in [1.807, 2.05) is 30.3 Å². The second kappa shape index (κ2) is 7.35. The van der Waals surface area contributed by atoms with Crippen LogP contribution in [-0.4, -0.2) is 40.1 Å². The quantitative estimate of drug-likeness (QED) is 0.693. The van der Waals surface area contributed by atoms with Gasteiger partial charge in [-0.25, -0.2) is 13.1 Å². The van der Waals surface area contributed by atoms with Gasteiger partial charge in [0.1, 0.15) is 0 Å². The lowest BCUT2D eigenvalue weighted by atomic mass is 10.0. The second-order valence-electron chi connectivity index (χ2n) is 5.95. The zero-order valence-electron chi connectivity index (χ0n) is 12.7. The molecule has 0 aromatic heterocycles. The van der Waals surface area contributed by atoms with Crippen molar-refractivity contribution < 1.29 is 8.42 Å². The van der Waals surface area contributed by atoms with E-state index in [9.17, 15) is 8.42 Å². The molecule has 1 fully saturated rings. The van der Waals surface area contributed by atoms with Crippen molar-refractivity contribution in [1.29, 1.82) is 0 Å². The van der Waals surface area contributed by atoms with Crippen molar-refractivity contribution in [2.75, 3.05) is 19.6 Å². The Morgan fingerprint density at radius 3 is 2.62 bits per heavy atom. The summed E-state index contributed by atoms with van der Waals surface area (Å²) < 4.78 is 27.4. The summed E-state index contributed by atoms with van der Waals surface area (Å²) in [7, 11) is -3.31. The van der Waals surface area contributed by atoms with Crippen molar-refractivity contribution >= 4 is 10.0 Å². The molecule has 2 atom stereocenters. The number of hydrogen-bond donors (Lipinski definition) is 3. The number of rotatable bonds is 7. The van der Waals surface area contributed by atoms with E-state index < -0.39 is 10.0 Å². The molecular weight excluding hydrogens is 286 g/mol. The smallest absolute Gasteiger partial charge is 0.216 e. The minimum atomic E-state index is -3.31. The maximum Gasteiger partial charge on any atom is 0.216 e. The first-order chi connectivity index (χ1) is 9.96. The van der Waals surface area contributed by atoms with Gasteiger partial charge in [-0.1, -0.05) is 44.2 Å². The van der Waals surface area contributed by atoms with Crippen molar-refractivity contribution in [3.05, 3.63) is 35.9 Å². The third-order valence-electron chi connectivity index (χ3n) is 3.66. The predicted molar refractivity (Wildman–Crippen MR) is 85.5 cm³/mol. The Bertz CT molecular complexity index is 531. The molecule has 1 aromatic carbocycles. The minimum Gasteiger partial charge on any atom is -0.315 e. The van der Waals surface area contributed by atoms with Gasteiger partial charge in [-0.3, -0.25) is 0 Å². The molecule has 0 bridgehead atoms. The maximum absolute atomic E-state index is 12.3.